The molecule has 6 aromatic carbocycles. The van der Waals surface area contributed by atoms with Crippen molar-refractivity contribution in [1.82, 2.24) is 19.5 Å². The second kappa shape index (κ2) is 12.4. The molecule has 0 aliphatic carbocycles. The Hall–Kier alpha value is -7.10. The first kappa shape index (κ1) is 31.2. The maximum Gasteiger partial charge on any atom is 0.416 e. The van der Waals surface area contributed by atoms with Gasteiger partial charge in [0.2, 0.25) is 0 Å². The van der Waals surface area contributed by atoms with E-state index in [1.165, 1.54) is 6.07 Å². The number of fused-ring (bicyclic) bond motifs is 3. The first-order valence-electron chi connectivity index (χ1n) is 15.9. The van der Waals surface area contributed by atoms with Crippen molar-refractivity contribution >= 4 is 21.8 Å². The molecular weight excluding hydrogens is 645 g/mol. The molecule has 51 heavy (non-hydrogen) atoms. The molecule has 9 heteroatoms. The molecule has 8 aromatic rings. The fourth-order valence-electron chi connectivity index (χ4n) is 6.33. The Balaban J connectivity index is 1.43. The summed E-state index contributed by atoms with van der Waals surface area (Å²) >= 11 is 0. The van der Waals surface area contributed by atoms with Crippen LogP contribution in [0.3, 0.4) is 0 Å². The molecule has 0 bridgehead atoms. The predicted molar refractivity (Wildman–Crippen MR) is 190 cm³/mol. The van der Waals surface area contributed by atoms with E-state index in [9.17, 15) is 23.7 Å². The number of alkyl halides is 3. The van der Waals surface area contributed by atoms with E-state index in [2.05, 4.69) is 12.1 Å². The Morgan fingerprint density at radius 1 is 0.490 bits per heavy atom. The molecule has 0 spiro atoms. The van der Waals surface area contributed by atoms with Crippen LogP contribution in [0.4, 0.5) is 13.2 Å². The molecule has 2 heterocycles. The molecule has 0 aliphatic heterocycles. The SMILES string of the molecule is N#Cc1ccc2c3ccc(C#N)cc3n(-c3ccc(-c4nc(-c5ccccc5)nc(-c5ccccc5)n4)c(-c4cccc(C(F)(F)F)c4)c3)c2c1. The highest BCUT2D eigenvalue weighted by molar-refractivity contribution is 6.10. The lowest BCUT2D eigenvalue weighted by Crippen LogP contribution is -2.05. The van der Waals surface area contributed by atoms with E-state index in [0.29, 0.717) is 56.2 Å². The predicted octanol–water partition coefficient (Wildman–Crippen LogP) is 10.4. The molecule has 6 nitrogen and oxygen atoms in total. The van der Waals surface area contributed by atoms with Crippen molar-refractivity contribution in [3.8, 4) is 63.1 Å². The van der Waals surface area contributed by atoms with Crippen molar-refractivity contribution < 1.29 is 13.2 Å². The van der Waals surface area contributed by atoms with Crippen LogP contribution in [0.5, 0.6) is 0 Å². The number of benzene rings is 6. The summed E-state index contributed by atoms with van der Waals surface area (Å²) in [5, 5.41) is 21.2. The Bertz CT molecular complexity index is 2580. The molecule has 0 unspecified atom stereocenters. The van der Waals surface area contributed by atoms with Crippen LogP contribution in [0, 0.1) is 22.7 Å². The van der Waals surface area contributed by atoms with Gasteiger partial charge in [0.05, 0.1) is 39.9 Å². The van der Waals surface area contributed by atoms with Crippen LogP contribution in [0.15, 0.2) is 140 Å². The number of halogens is 3. The summed E-state index contributed by atoms with van der Waals surface area (Å²) in [4.78, 5) is 14.5. The molecule has 0 saturated heterocycles. The Morgan fingerprint density at radius 3 is 1.55 bits per heavy atom. The van der Waals surface area contributed by atoms with Gasteiger partial charge in [0.25, 0.3) is 0 Å². The van der Waals surface area contributed by atoms with Gasteiger partial charge in [-0.3, -0.25) is 0 Å². The van der Waals surface area contributed by atoms with E-state index in [1.807, 2.05) is 83.4 Å². The molecule has 0 N–H and O–H groups in total. The highest BCUT2D eigenvalue weighted by Gasteiger charge is 2.31. The fourth-order valence-corrected chi connectivity index (χ4v) is 6.33. The molecule has 0 saturated carbocycles. The van der Waals surface area contributed by atoms with Gasteiger partial charge in [0.1, 0.15) is 0 Å². The zero-order chi connectivity index (χ0) is 35.1. The van der Waals surface area contributed by atoms with Crippen LogP contribution >= 0.6 is 0 Å². The summed E-state index contributed by atoms with van der Waals surface area (Å²) in [6.07, 6.45) is -4.57. The zero-order valence-corrected chi connectivity index (χ0v) is 26.6. The average molecular weight is 669 g/mol. The van der Waals surface area contributed by atoms with E-state index < -0.39 is 11.7 Å². The number of hydrogen-bond acceptors (Lipinski definition) is 5. The summed E-state index contributed by atoms with van der Waals surface area (Å²) in [7, 11) is 0. The molecule has 0 aliphatic rings. The zero-order valence-electron chi connectivity index (χ0n) is 26.6. The van der Waals surface area contributed by atoms with Gasteiger partial charge in [-0.25, -0.2) is 15.0 Å². The number of nitrogens with zero attached hydrogens (tertiary/aromatic N) is 6. The van der Waals surface area contributed by atoms with Crippen molar-refractivity contribution in [2.45, 2.75) is 6.18 Å². The summed E-state index contributed by atoms with van der Waals surface area (Å²) in [5.74, 6) is 1.10. The first-order chi connectivity index (χ1) is 24.8. The molecule has 0 radical (unpaired) electrons. The van der Waals surface area contributed by atoms with E-state index in [4.69, 9.17) is 15.0 Å². The molecule has 242 valence electrons. The van der Waals surface area contributed by atoms with Gasteiger partial charge in [0, 0.05) is 33.2 Å². The molecule has 8 rings (SSSR count). The maximum absolute atomic E-state index is 14.1. The minimum atomic E-state index is -4.57. The Morgan fingerprint density at radius 2 is 1.02 bits per heavy atom. The van der Waals surface area contributed by atoms with Crippen LogP contribution in [-0.2, 0) is 6.18 Å². The van der Waals surface area contributed by atoms with Gasteiger partial charge in [-0.2, -0.15) is 23.7 Å². The fraction of sp³-hybridized carbons (Fsp3) is 0.0238. The van der Waals surface area contributed by atoms with Gasteiger partial charge >= 0.3 is 6.18 Å². The number of hydrogen-bond donors (Lipinski definition) is 0. The molecular formula is C42H23F3N6. The third kappa shape index (κ3) is 5.73. The monoisotopic (exact) mass is 668 g/mol. The lowest BCUT2D eigenvalue weighted by Gasteiger charge is -2.16. The van der Waals surface area contributed by atoms with E-state index in [0.717, 1.165) is 34.0 Å². The Labute approximate surface area is 290 Å². The quantitative estimate of drug-likeness (QED) is 0.182. The Kier molecular flexibility index (Phi) is 7.59. The normalized spacial score (nSPS) is 11.4. The van der Waals surface area contributed by atoms with E-state index in [-0.39, 0.29) is 5.82 Å². The van der Waals surface area contributed by atoms with E-state index in [1.54, 1.807) is 42.5 Å². The molecule has 0 atom stereocenters. The van der Waals surface area contributed by atoms with Gasteiger partial charge in [-0.1, -0.05) is 84.9 Å². The van der Waals surface area contributed by atoms with Crippen molar-refractivity contribution in [2.75, 3.05) is 0 Å². The third-order valence-corrected chi connectivity index (χ3v) is 8.73. The van der Waals surface area contributed by atoms with Gasteiger partial charge in [-0.15, -0.1) is 0 Å². The molecule has 0 fully saturated rings. The van der Waals surface area contributed by atoms with Gasteiger partial charge < -0.3 is 4.57 Å². The number of nitriles is 2. The molecule has 0 amide bonds. The summed E-state index contributed by atoms with van der Waals surface area (Å²) < 4.78 is 44.2. The summed E-state index contributed by atoms with van der Waals surface area (Å²) in [6, 6.07) is 44.6. The topological polar surface area (TPSA) is 91.2 Å². The number of rotatable bonds is 5. The van der Waals surface area contributed by atoms with Crippen molar-refractivity contribution in [1.29, 1.82) is 10.5 Å². The first-order valence-corrected chi connectivity index (χ1v) is 15.9. The summed E-state index contributed by atoms with van der Waals surface area (Å²) in [5.41, 5.74) is 4.86. The van der Waals surface area contributed by atoms with Crippen LogP contribution in [-0.4, -0.2) is 19.5 Å². The second-order valence-electron chi connectivity index (χ2n) is 11.9. The van der Waals surface area contributed by atoms with E-state index >= 15 is 0 Å². The smallest absolute Gasteiger partial charge is 0.309 e. The van der Waals surface area contributed by atoms with Crippen LogP contribution in [0.2, 0.25) is 0 Å². The second-order valence-corrected chi connectivity index (χ2v) is 11.9. The minimum Gasteiger partial charge on any atom is -0.309 e. The van der Waals surface area contributed by atoms with Crippen molar-refractivity contribution in [3.05, 3.63) is 156 Å². The van der Waals surface area contributed by atoms with Gasteiger partial charge in [0.15, 0.2) is 17.5 Å². The maximum atomic E-state index is 14.1. The third-order valence-electron chi connectivity index (χ3n) is 8.73. The molecule has 2 aromatic heterocycles. The highest BCUT2D eigenvalue weighted by Crippen LogP contribution is 2.40. The standard InChI is InChI=1S/C42H23F3N6/c43-42(44,45)31-13-7-12-30(22-31)36-23-32(51-37-20-26(24-46)14-17-33(37)34-18-15-27(25-47)21-38(34)51)16-19-35(36)41-49-39(28-8-3-1-4-9-28)48-40(50-41)29-10-5-2-6-11-29/h1-23H. The van der Waals surface area contributed by atoms with Gasteiger partial charge in [-0.05, 0) is 65.7 Å². The van der Waals surface area contributed by atoms with Crippen LogP contribution < -0.4 is 0 Å². The average Bonchev–Trinajstić information content (AvgIpc) is 3.50. The van der Waals surface area contributed by atoms with Crippen LogP contribution in [0.1, 0.15) is 16.7 Å². The number of aromatic nitrogens is 4. The minimum absolute atomic E-state index is 0.280. The lowest BCUT2D eigenvalue weighted by molar-refractivity contribution is -0.137. The largest absolute Gasteiger partial charge is 0.416 e. The lowest BCUT2D eigenvalue weighted by atomic mass is 9.96. The summed E-state index contributed by atoms with van der Waals surface area (Å²) in [6.45, 7) is 0. The van der Waals surface area contributed by atoms with Crippen molar-refractivity contribution in [2.24, 2.45) is 0 Å². The highest BCUT2D eigenvalue weighted by atomic mass is 19.4. The van der Waals surface area contributed by atoms with Crippen LogP contribution in [0.25, 0.3) is 72.8 Å². The van der Waals surface area contributed by atoms with Crippen molar-refractivity contribution in [3.63, 3.8) is 0 Å².